The first-order valence-electron chi connectivity index (χ1n) is 9.91. The number of aromatic nitrogens is 4. The summed E-state index contributed by atoms with van der Waals surface area (Å²) in [6.45, 7) is -0.105. The Morgan fingerprint density at radius 1 is 1.30 bits per heavy atom. The molecule has 9 heteroatoms. The number of fused-ring (bicyclic) bond motifs is 3. The topological polar surface area (TPSA) is 110 Å². The number of rotatable bonds is 4. The number of carbonyl (C=O) groups excluding carboxylic acids is 2. The molecule has 0 unspecified atom stereocenters. The number of esters is 1. The summed E-state index contributed by atoms with van der Waals surface area (Å²) in [4.78, 5) is 35.6. The second kappa shape index (κ2) is 7.08. The summed E-state index contributed by atoms with van der Waals surface area (Å²) in [5, 5.41) is 7.69. The van der Waals surface area contributed by atoms with E-state index < -0.39 is 11.4 Å². The van der Waals surface area contributed by atoms with Gasteiger partial charge in [-0.2, -0.15) is 5.10 Å². The van der Waals surface area contributed by atoms with Crippen molar-refractivity contribution in [2.45, 2.75) is 37.2 Å². The van der Waals surface area contributed by atoms with Gasteiger partial charge in [0.1, 0.15) is 12.3 Å². The normalized spacial score (nSPS) is 23.0. The van der Waals surface area contributed by atoms with E-state index in [0.717, 1.165) is 16.7 Å². The summed E-state index contributed by atoms with van der Waals surface area (Å²) in [6, 6.07) is 5.53. The van der Waals surface area contributed by atoms with Crippen LogP contribution in [0.2, 0.25) is 0 Å². The number of amides is 1. The number of methoxy groups -OCH3 is 1. The molecule has 4 heterocycles. The average molecular weight is 407 g/mol. The Bertz CT molecular complexity index is 1120. The number of nitrogens with one attached hydrogen (secondary N) is 1. The zero-order valence-corrected chi connectivity index (χ0v) is 16.5. The van der Waals surface area contributed by atoms with Crippen LogP contribution in [0.25, 0.3) is 11.0 Å². The number of ether oxygens (including phenoxy) is 2. The predicted octanol–water partition coefficient (Wildman–Crippen LogP) is 2.13. The van der Waals surface area contributed by atoms with Gasteiger partial charge in [0.25, 0.3) is 0 Å². The van der Waals surface area contributed by atoms with Crippen molar-refractivity contribution in [1.29, 1.82) is 0 Å². The molecular weight excluding hydrogens is 386 g/mol. The van der Waals surface area contributed by atoms with Crippen molar-refractivity contribution in [1.82, 2.24) is 20.2 Å². The predicted molar refractivity (Wildman–Crippen MR) is 107 cm³/mol. The van der Waals surface area contributed by atoms with Gasteiger partial charge in [0, 0.05) is 11.6 Å². The number of H-pyrrole nitrogens is 1. The molecule has 0 saturated heterocycles. The van der Waals surface area contributed by atoms with Crippen LogP contribution in [0.1, 0.15) is 31.4 Å². The summed E-state index contributed by atoms with van der Waals surface area (Å²) in [6.07, 6.45) is 7.70. The molecule has 1 fully saturated rings. The largest absolute Gasteiger partial charge is 0.489 e. The van der Waals surface area contributed by atoms with E-state index in [1.165, 1.54) is 12.0 Å². The molecule has 1 saturated carbocycles. The molecule has 1 spiro atoms. The van der Waals surface area contributed by atoms with E-state index in [-0.39, 0.29) is 18.6 Å². The number of hydrogen-bond donors (Lipinski definition) is 1. The summed E-state index contributed by atoms with van der Waals surface area (Å²) < 4.78 is 10.9. The molecule has 0 radical (unpaired) electrons. The molecule has 1 aliphatic heterocycles. The number of nitrogens with zero attached hydrogens (tertiary/aromatic N) is 4. The summed E-state index contributed by atoms with van der Waals surface area (Å²) in [5.74, 6) is 0.157. The number of anilines is 1. The van der Waals surface area contributed by atoms with Crippen LogP contribution in [0.3, 0.4) is 0 Å². The first-order chi connectivity index (χ1) is 14.6. The maximum absolute atomic E-state index is 13.4. The van der Waals surface area contributed by atoms with E-state index in [0.29, 0.717) is 37.1 Å². The smallest absolute Gasteiger partial charge is 0.325 e. The molecule has 0 bridgehead atoms. The fraction of sp³-hybridized carbons (Fsp3) is 0.381. The number of aromatic amines is 1. The molecule has 5 rings (SSSR count). The molecule has 9 nitrogen and oxygen atoms in total. The lowest BCUT2D eigenvalue weighted by Gasteiger charge is -2.35. The molecule has 2 aliphatic rings. The highest BCUT2D eigenvalue weighted by molar-refractivity contribution is 6.09. The van der Waals surface area contributed by atoms with Gasteiger partial charge in [0.05, 0.1) is 42.4 Å². The van der Waals surface area contributed by atoms with Gasteiger partial charge in [-0.3, -0.25) is 24.6 Å². The van der Waals surface area contributed by atoms with Gasteiger partial charge < -0.3 is 9.47 Å². The lowest BCUT2D eigenvalue weighted by Crippen LogP contribution is -2.46. The zero-order chi connectivity index (χ0) is 20.7. The zero-order valence-electron chi connectivity index (χ0n) is 16.5. The summed E-state index contributed by atoms with van der Waals surface area (Å²) >= 11 is 0. The monoisotopic (exact) mass is 407 g/mol. The van der Waals surface area contributed by atoms with E-state index in [9.17, 15) is 9.59 Å². The van der Waals surface area contributed by atoms with Crippen LogP contribution in [0, 0.1) is 0 Å². The van der Waals surface area contributed by atoms with Crippen molar-refractivity contribution in [3.63, 3.8) is 0 Å². The molecule has 30 heavy (non-hydrogen) atoms. The Morgan fingerprint density at radius 2 is 2.13 bits per heavy atom. The highest BCUT2D eigenvalue weighted by atomic mass is 16.5. The van der Waals surface area contributed by atoms with E-state index >= 15 is 0 Å². The molecule has 1 N–H and O–H groups in total. The van der Waals surface area contributed by atoms with Crippen molar-refractivity contribution < 1.29 is 19.1 Å². The number of carbonyl (C=O) groups is 2. The lowest BCUT2D eigenvalue weighted by atomic mass is 9.71. The Balaban J connectivity index is 1.35. The number of hydrogen-bond acceptors (Lipinski definition) is 7. The third-order valence-electron chi connectivity index (χ3n) is 6.06. The van der Waals surface area contributed by atoms with Crippen LogP contribution in [0.15, 0.2) is 36.8 Å². The van der Waals surface area contributed by atoms with E-state index in [2.05, 4.69) is 20.2 Å². The molecule has 3 aromatic heterocycles. The van der Waals surface area contributed by atoms with Crippen LogP contribution in [0.5, 0.6) is 5.75 Å². The molecule has 1 aliphatic carbocycles. The first-order valence-corrected chi connectivity index (χ1v) is 9.91. The van der Waals surface area contributed by atoms with Gasteiger partial charge in [-0.1, -0.05) is 0 Å². The quantitative estimate of drug-likeness (QED) is 0.660. The van der Waals surface area contributed by atoms with Crippen LogP contribution < -0.4 is 9.64 Å². The molecule has 0 atom stereocenters. The van der Waals surface area contributed by atoms with Gasteiger partial charge in [-0.25, -0.2) is 4.98 Å². The standard InChI is InChI=1S/C21H21N5O4/c1-29-17(27)12-26-16-3-2-8-22-18(16)21(20(26)28)6-4-14(5-7-21)30-15-9-13-10-24-25-19(13)23-11-15/h2-3,8-11,14H,4-7,12H2,1H3,(H,23,24,25). The Kier molecular flexibility index (Phi) is 4.38. The van der Waals surface area contributed by atoms with Gasteiger partial charge in [0.2, 0.25) is 5.91 Å². The summed E-state index contributed by atoms with van der Waals surface area (Å²) in [7, 11) is 1.32. The van der Waals surface area contributed by atoms with Crippen LogP contribution in [-0.2, 0) is 19.7 Å². The van der Waals surface area contributed by atoms with Crippen molar-refractivity contribution in [2.75, 3.05) is 18.6 Å². The molecule has 0 aromatic carbocycles. The Morgan fingerprint density at radius 3 is 2.93 bits per heavy atom. The molecule has 154 valence electrons. The second-order valence-corrected chi connectivity index (χ2v) is 7.72. The van der Waals surface area contributed by atoms with Crippen LogP contribution >= 0.6 is 0 Å². The van der Waals surface area contributed by atoms with E-state index in [1.54, 1.807) is 24.7 Å². The van der Waals surface area contributed by atoms with Gasteiger partial charge in [-0.05, 0) is 43.9 Å². The Labute approximate surface area is 172 Å². The lowest BCUT2D eigenvalue weighted by molar-refractivity contribution is -0.140. The highest BCUT2D eigenvalue weighted by Crippen LogP contribution is 2.49. The van der Waals surface area contributed by atoms with Crippen molar-refractivity contribution in [3.8, 4) is 5.75 Å². The first kappa shape index (κ1) is 18.5. The van der Waals surface area contributed by atoms with Crippen LogP contribution in [0.4, 0.5) is 5.69 Å². The maximum Gasteiger partial charge on any atom is 0.325 e. The molecular formula is C21H21N5O4. The van der Waals surface area contributed by atoms with Crippen LogP contribution in [-0.4, -0.2) is 51.8 Å². The fourth-order valence-corrected chi connectivity index (χ4v) is 4.53. The van der Waals surface area contributed by atoms with E-state index in [1.807, 2.05) is 12.1 Å². The Hall–Kier alpha value is -3.49. The SMILES string of the molecule is COC(=O)CN1C(=O)C2(CCC(Oc3cnc4[nH]ncc4c3)CC2)c2ncccc21. The third kappa shape index (κ3) is 2.89. The van der Waals surface area contributed by atoms with Gasteiger partial charge in [-0.15, -0.1) is 0 Å². The maximum atomic E-state index is 13.4. The van der Waals surface area contributed by atoms with Crippen molar-refractivity contribution >= 4 is 28.6 Å². The van der Waals surface area contributed by atoms with Crippen molar-refractivity contribution in [2.24, 2.45) is 0 Å². The third-order valence-corrected chi connectivity index (χ3v) is 6.06. The highest BCUT2D eigenvalue weighted by Gasteiger charge is 2.54. The van der Waals surface area contributed by atoms with Gasteiger partial charge in [0.15, 0.2) is 5.65 Å². The average Bonchev–Trinajstić information content (AvgIpc) is 3.33. The van der Waals surface area contributed by atoms with Gasteiger partial charge >= 0.3 is 5.97 Å². The van der Waals surface area contributed by atoms with E-state index in [4.69, 9.17) is 9.47 Å². The minimum Gasteiger partial charge on any atom is -0.489 e. The number of pyridine rings is 2. The van der Waals surface area contributed by atoms with Crippen molar-refractivity contribution in [3.05, 3.63) is 42.5 Å². The minimum absolute atomic E-state index is 0.0172. The molecule has 1 amide bonds. The summed E-state index contributed by atoms with van der Waals surface area (Å²) in [5.41, 5.74) is 1.45. The minimum atomic E-state index is -0.711. The second-order valence-electron chi connectivity index (χ2n) is 7.72. The fourth-order valence-electron chi connectivity index (χ4n) is 4.53. The molecule has 3 aromatic rings.